The summed E-state index contributed by atoms with van der Waals surface area (Å²) in [6.07, 6.45) is 4.65. The summed E-state index contributed by atoms with van der Waals surface area (Å²) >= 11 is 0. The number of hydrogen-bond acceptors (Lipinski definition) is 4. The second-order valence-corrected chi connectivity index (χ2v) is 5.41. The molecule has 0 unspecified atom stereocenters. The predicted molar refractivity (Wildman–Crippen MR) is 90.4 cm³/mol. The highest BCUT2D eigenvalue weighted by Gasteiger charge is 2.13. The number of hydrogen-bond donors (Lipinski definition) is 2. The predicted octanol–water partition coefficient (Wildman–Crippen LogP) is 3.08. The fourth-order valence-corrected chi connectivity index (χ4v) is 2.46. The molecule has 126 valence electrons. The fourth-order valence-electron chi connectivity index (χ4n) is 2.46. The molecule has 0 saturated carbocycles. The summed E-state index contributed by atoms with van der Waals surface area (Å²) in [5, 5.41) is 10.6. The zero-order chi connectivity index (χ0) is 16.5. The largest absolute Gasteiger partial charge is 0.469 e. The molecule has 2 heterocycles. The van der Waals surface area contributed by atoms with Crippen molar-refractivity contribution in [3.8, 4) is 0 Å². The Labute approximate surface area is 137 Å². The number of rotatable bonds is 8. The fraction of sp³-hybridized carbons (Fsp3) is 0.529. The molecule has 0 aliphatic heterocycles. The summed E-state index contributed by atoms with van der Waals surface area (Å²) in [4.78, 5) is 4.20. The Bertz CT molecular complexity index is 586. The molecule has 0 atom stereocenters. The molecule has 0 aliphatic carbocycles. The quantitative estimate of drug-likeness (QED) is 0.578. The topological polar surface area (TPSA) is 75.6 Å². The third-order valence-electron chi connectivity index (χ3n) is 3.88. The average Bonchev–Trinajstić information content (AvgIpc) is 3.24. The first-order valence-corrected chi connectivity index (χ1v) is 8.19. The maximum Gasteiger partial charge on any atom is 0.191 e. The van der Waals surface area contributed by atoms with Gasteiger partial charge in [-0.25, -0.2) is 0 Å². The lowest BCUT2D eigenvalue weighted by Gasteiger charge is -2.09. The van der Waals surface area contributed by atoms with Gasteiger partial charge >= 0.3 is 0 Å². The van der Waals surface area contributed by atoms with E-state index in [0.29, 0.717) is 12.5 Å². The lowest BCUT2D eigenvalue weighted by Crippen LogP contribution is -2.37. The van der Waals surface area contributed by atoms with Crippen LogP contribution in [0.15, 0.2) is 38.4 Å². The highest BCUT2D eigenvalue weighted by Crippen LogP contribution is 2.22. The smallest absolute Gasteiger partial charge is 0.191 e. The summed E-state index contributed by atoms with van der Waals surface area (Å²) < 4.78 is 10.7. The number of nitrogens with zero attached hydrogens (tertiary/aromatic N) is 2. The van der Waals surface area contributed by atoms with Crippen LogP contribution in [0, 0.1) is 0 Å². The van der Waals surface area contributed by atoms with Crippen LogP contribution in [-0.2, 0) is 13.0 Å². The Hall–Kier alpha value is -2.24. The van der Waals surface area contributed by atoms with Crippen molar-refractivity contribution in [3.63, 3.8) is 0 Å². The van der Waals surface area contributed by atoms with Gasteiger partial charge in [-0.15, -0.1) is 0 Å². The maximum atomic E-state index is 5.40. The molecule has 0 spiro atoms. The van der Waals surface area contributed by atoms with Crippen LogP contribution in [0.5, 0.6) is 0 Å². The number of furan rings is 1. The van der Waals surface area contributed by atoms with Gasteiger partial charge in [0.2, 0.25) is 0 Å². The minimum absolute atomic E-state index is 0.471. The Morgan fingerprint density at radius 3 is 2.74 bits per heavy atom. The Morgan fingerprint density at radius 2 is 2.09 bits per heavy atom. The van der Waals surface area contributed by atoms with E-state index in [2.05, 4.69) is 34.6 Å². The lowest BCUT2D eigenvalue weighted by atomic mass is 9.99. The number of aromatic nitrogens is 1. The summed E-state index contributed by atoms with van der Waals surface area (Å²) in [5.41, 5.74) is 1.03. The van der Waals surface area contributed by atoms with E-state index < -0.39 is 0 Å². The van der Waals surface area contributed by atoms with E-state index in [4.69, 9.17) is 8.94 Å². The average molecular weight is 318 g/mol. The Kier molecular flexibility index (Phi) is 6.72. The first-order chi connectivity index (χ1) is 11.3. The molecule has 2 N–H and O–H groups in total. The van der Waals surface area contributed by atoms with E-state index in [1.54, 1.807) is 13.3 Å². The highest BCUT2D eigenvalue weighted by molar-refractivity contribution is 5.79. The van der Waals surface area contributed by atoms with Crippen molar-refractivity contribution in [1.82, 2.24) is 15.8 Å². The molecule has 6 heteroatoms. The van der Waals surface area contributed by atoms with Gasteiger partial charge in [-0.2, -0.15) is 0 Å². The van der Waals surface area contributed by atoms with Crippen LogP contribution in [-0.4, -0.2) is 24.7 Å². The summed E-state index contributed by atoms with van der Waals surface area (Å²) in [7, 11) is 1.75. The molecule has 2 aromatic rings. The van der Waals surface area contributed by atoms with Crippen molar-refractivity contribution in [2.75, 3.05) is 13.6 Å². The third kappa shape index (κ3) is 5.16. The molecular weight excluding hydrogens is 292 g/mol. The molecule has 0 amide bonds. The number of aliphatic imine (C=N–C) groups is 1. The van der Waals surface area contributed by atoms with E-state index in [-0.39, 0.29) is 0 Å². The molecule has 2 aromatic heterocycles. The van der Waals surface area contributed by atoms with Gasteiger partial charge in [0.25, 0.3) is 0 Å². The van der Waals surface area contributed by atoms with Gasteiger partial charge in [0.15, 0.2) is 11.7 Å². The monoisotopic (exact) mass is 318 g/mol. The van der Waals surface area contributed by atoms with E-state index >= 15 is 0 Å². The maximum absolute atomic E-state index is 5.40. The van der Waals surface area contributed by atoms with Crippen LogP contribution in [0.25, 0.3) is 0 Å². The van der Waals surface area contributed by atoms with Gasteiger partial charge in [-0.1, -0.05) is 19.0 Å². The summed E-state index contributed by atoms with van der Waals surface area (Å²) in [6.45, 7) is 5.66. The molecule has 0 radical (unpaired) electrons. The standard InChI is InChI=1S/C17H26N4O2/c1-4-13(5-2)16-11-15(23-21-16)12-20-17(18-3)19-9-8-14-7-6-10-22-14/h6-7,10-11,13H,4-5,8-9,12H2,1-3H3,(H2,18,19,20). The van der Waals surface area contributed by atoms with Crippen molar-refractivity contribution < 1.29 is 8.94 Å². The molecule has 0 aromatic carbocycles. The lowest BCUT2D eigenvalue weighted by molar-refractivity contribution is 0.368. The van der Waals surface area contributed by atoms with Gasteiger partial charge in [0, 0.05) is 32.0 Å². The van der Waals surface area contributed by atoms with Crippen LogP contribution in [0.2, 0.25) is 0 Å². The van der Waals surface area contributed by atoms with Crippen LogP contribution in [0.3, 0.4) is 0 Å². The zero-order valence-electron chi connectivity index (χ0n) is 14.1. The van der Waals surface area contributed by atoms with Gasteiger partial charge in [0.1, 0.15) is 5.76 Å². The molecule has 6 nitrogen and oxygen atoms in total. The Balaban J connectivity index is 1.76. The van der Waals surface area contributed by atoms with Gasteiger partial charge in [-0.05, 0) is 25.0 Å². The summed E-state index contributed by atoms with van der Waals surface area (Å²) in [6, 6.07) is 5.89. The first-order valence-electron chi connectivity index (χ1n) is 8.19. The second kappa shape index (κ2) is 9.02. The van der Waals surface area contributed by atoms with E-state index in [9.17, 15) is 0 Å². The van der Waals surface area contributed by atoms with Gasteiger partial charge < -0.3 is 19.6 Å². The van der Waals surface area contributed by atoms with E-state index in [1.165, 1.54) is 0 Å². The zero-order valence-corrected chi connectivity index (χ0v) is 14.1. The van der Waals surface area contributed by atoms with Crippen molar-refractivity contribution >= 4 is 5.96 Å². The SMILES string of the molecule is CCC(CC)c1cc(CNC(=NC)NCCc2ccco2)on1. The van der Waals surface area contributed by atoms with E-state index in [1.807, 2.05) is 18.2 Å². The number of nitrogens with one attached hydrogen (secondary N) is 2. The summed E-state index contributed by atoms with van der Waals surface area (Å²) in [5.74, 6) is 2.98. The second-order valence-electron chi connectivity index (χ2n) is 5.41. The van der Waals surface area contributed by atoms with Crippen molar-refractivity contribution in [1.29, 1.82) is 0 Å². The molecule has 23 heavy (non-hydrogen) atoms. The minimum atomic E-state index is 0.471. The Morgan fingerprint density at radius 1 is 1.26 bits per heavy atom. The van der Waals surface area contributed by atoms with Crippen LogP contribution >= 0.6 is 0 Å². The molecule has 0 saturated heterocycles. The van der Waals surface area contributed by atoms with E-state index in [0.717, 1.165) is 49.0 Å². The highest BCUT2D eigenvalue weighted by atomic mass is 16.5. The van der Waals surface area contributed by atoms with Gasteiger partial charge in [0.05, 0.1) is 18.5 Å². The number of guanidine groups is 1. The van der Waals surface area contributed by atoms with Crippen molar-refractivity contribution in [3.05, 3.63) is 41.7 Å². The third-order valence-corrected chi connectivity index (χ3v) is 3.88. The normalized spacial score (nSPS) is 11.9. The molecule has 2 rings (SSSR count). The molecule has 0 aliphatic rings. The first kappa shape index (κ1) is 17.1. The molecule has 0 fully saturated rings. The van der Waals surface area contributed by atoms with Crippen molar-refractivity contribution in [2.45, 2.75) is 45.6 Å². The van der Waals surface area contributed by atoms with Crippen LogP contribution < -0.4 is 10.6 Å². The molecule has 0 bridgehead atoms. The van der Waals surface area contributed by atoms with Gasteiger partial charge in [-0.3, -0.25) is 4.99 Å². The molecular formula is C17H26N4O2. The van der Waals surface area contributed by atoms with Crippen LogP contribution in [0.1, 0.15) is 49.8 Å². The minimum Gasteiger partial charge on any atom is -0.469 e. The van der Waals surface area contributed by atoms with Crippen molar-refractivity contribution in [2.24, 2.45) is 4.99 Å². The van der Waals surface area contributed by atoms with Crippen LogP contribution in [0.4, 0.5) is 0 Å².